The molecule has 1 amide bonds. The van der Waals surface area contributed by atoms with Gasteiger partial charge in [0.25, 0.3) is 0 Å². The summed E-state index contributed by atoms with van der Waals surface area (Å²) in [4.78, 5) is 11.2. The third-order valence-corrected chi connectivity index (χ3v) is 5.13. The van der Waals surface area contributed by atoms with E-state index >= 15 is 0 Å². The average molecular weight is 346 g/mol. The van der Waals surface area contributed by atoms with Crippen molar-refractivity contribution in [3.8, 4) is 0 Å². The highest BCUT2D eigenvalue weighted by Crippen LogP contribution is 2.19. The molecule has 0 saturated carbocycles. The van der Waals surface area contributed by atoms with Crippen LogP contribution in [0.2, 0.25) is 0 Å². The van der Waals surface area contributed by atoms with E-state index in [1.165, 1.54) is 6.07 Å². The molecule has 120 valence electrons. The number of amides is 1. The van der Waals surface area contributed by atoms with Crippen molar-refractivity contribution in [1.82, 2.24) is 10.0 Å². The van der Waals surface area contributed by atoms with Crippen molar-refractivity contribution in [3.63, 3.8) is 0 Å². The van der Waals surface area contributed by atoms with E-state index in [0.717, 1.165) is 11.3 Å². The van der Waals surface area contributed by atoms with Crippen LogP contribution in [0.5, 0.6) is 0 Å². The van der Waals surface area contributed by atoms with Crippen molar-refractivity contribution in [2.24, 2.45) is 0 Å². The van der Waals surface area contributed by atoms with Gasteiger partial charge in [0, 0.05) is 13.0 Å². The van der Waals surface area contributed by atoms with Gasteiger partial charge in [-0.2, -0.15) is 13.2 Å². The van der Waals surface area contributed by atoms with Crippen molar-refractivity contribution in [2.75, 3.05) is 13.1 Å². The van der Waals surface area contributed by atoms with Gasteiger partial charge in [0.2, 0.25) is 15.9 Å². The van der Waals surface area contributed by atoms with Gasteiger partial charge in [-0.05, 0) is 11.4 Å². The number of thiophene rings is 1. The van der Waals surface area contributed by atoms with Gasteiger partial charge in [0.15, 0.2) is 6.10 Å². The highest BCUT2D eigenvalue weighted by molar-refractivity contribution is 7.91. The molecular formula is C10H13F3N2O4S2. The third kappa shape index (κ3) is 5.99. The Morgan fingerprint density at radius 1 is 1.43 bits per heavy atom. The van der Waals surface area contributed by atoms with E-state index in [0.29, 0.717) is 0 Å². The molecule has 21 heavy (non-hydrogen) atoms. The lowest BCUT2D eigenvalue weighted by Gasteiger charge is -2.14. The summed E-state index contributed by atoms with van der Waals surface area (Å²) in [5.74, 6) is -0.799. The van der Waals surface area contributed by atoms with Crippen LogP contribution < -0.4 is 10.0 Å². The first-order chi connectivity index (χ1) is 9.63. The summed E-state index contributed by atoms with van der Waals surface area (Å²) < 4.78 is 61.4. The summed E-state index contributed by atoms with van der Waals surface area (Å²) in [6.45, 7) is -1.23. The van der Waals surface area contributed by atoms with Gasteiger partial charge >= 0.3 is 6.18 Å². The fraction of sp³-hybridized carbons (Fsp3) is 0.500. The molecule has 0 radical (unpaired) electrons. The summed E-state index contributed by atoms with van der Waals surface area (Å²) in [6.07, 6.45) is -7.80. The number of rotatable bonds is 7. The van der Waals surface area contributed by atoms with Crippen LogP contribution in [0.4, 0.5) is 13.2 Å². The average Bonchev–Trinajstić information content (AvgIpc) is 2.89. The van der Waals surface area contributed by atoms with Crippen LogP contribution in [0.25, 0.3) is 0 Å². The standard InChI is InChI=1S/C10H13F3N2O4S2/c11-10(12,13)7(16)6-14-8(17)3-4-15-21(18,19)9-2-1-5-20-9/h1-2,5,7,15-16H,3-4,6H2,(H,14,17). The van der Waals surface area contributed by atoms with E-state index < -0.39 is 34.8 Å². The number of hydrogen-bond acceptors (Lipinski definition) is 5. The van der Waals surface area contributed by atoms with E-state index in [1.54, 1.807) is 11.4 Å². The maximum atomic E-state index is 12.0. The zero-order valence-electron chi connectivity index (χ0n) is 10.6. The zero-order valence-corrected chi connectivity index (χ0v) is 12.2. The first-order valence-corrected chi connectivity index (χ1v) is 8.04. The van der Waals surface area contributed by atoms with Crippen molar-refractivity contribution in [2.45, 2.75) is 22.9 Å². The molecule has 11 heteroatoms. The van der Waals surface area contributed by atoms with Crippen LogP contribution in [0, 0.1) is 0 Å². The topological polar surface area (TPSA) is 95.5 Å². The molecular weight excluding hydrogens is 333 g/mol. The Hall–Kier alpha value is -1.17. The number of carbonyl (C=O) groups excluding carboxylic acids is 1. The minimum absolute atomic E-state index is 0.0791. The second kappa shape index (κ2) is 7.20. The van der Waals surface area contributed by atoms with Gasteiger partial charge in [-0.25, -0.2) is 13.1 Å². The van der Waals surface area contributed by atoms with Gasteiger partial charge in [-0.15, -0.1) is 11.3 Å². The molecule has 0 fully saturated rings. The smallest absolute Gasteiger partial charge is 0.382 e. The van der Waals surface area contributed by atoms with E-state index in [1.807, 2.05) is 5.32 Å². The maximum absolute atomic E-state index is 12.0. The fourth-order valence-corrected chi connectivity index (χ4v) is 3.27. The van der Waals surface area contributed by atoms with Gasteiger partial charge in [0.05, 0.1) is 6.54 Å². The van der Waals surface area contributed by atoms with Gasteiger partial charge in [-0.3, -0.25) is 4.79 Å². The molecule has 6 nitrogen and oxygen atoms in total. The summed E-state index contributed by atoms with van der Waals surface area (Å²) >= 11 is 0.997. The molecule has 1 aromatic heterocycles. The first-order valence-electron chi connectivity index (χ1n) is 5.67. The molecule has 0 saturated heterocycles. The zero-order chi connectivity index (χ0) is 16.1. The van der Waals surface area contributed by atoms with Crippen molar-refractivity contribution >= 4 is 27.3 Å². The van der Waals surface area contributed by atoms with Crippen LogP contribution in [0.3, 0.4) is 0 Å². The van der Waals surface area contributed by atoms with Crippen LogP contribution in [0.15, 0.2) is 21.7 Å². The van der Waals surface area contributed by atoms with Crippen molar-refractivity contribution in [3.05, 3.63) is 17.5 Å². The Bertz CT molecular complexity index is 557. The number of aliphatic hydroxyl groups excluding tert-OH is 1. The molecule has 1 heterocycles. The van der Waals surface area contributed by atoms with Crippen LogP contribution in [0.1, 0.15) is 6.42 Å². The Balaban J connectivity index is 2.32. The molecule has 0 aliphatic heterocycles. The monoisotopic (exact) mass is 346 g/mol. The van der Waals surface area contributed by atoms with E-state index in [-0.39, 0.29) is 17.2 Å². The lowest BCUT2D eigenvalue weighted by molar-refractivity contribution is -0.201. The fourth-order valence-electron chi connectivity index (χ4n) is 1.20. The van der Waals surface area contributed by atoms with E-state index in [9.17, 15) is 26.4 Å². The summed E-state index contributed by atoms with van der Waals surface area (Å²) in [5.41, 5.74) is 0. The number of hydrogen-bond donors (Lipinski definition) is 3. The van der Waals surface area contributed by atoms with Crippen LogP contribution in [-0.4, -0.2) is 44.8 Å². The Morgan fingerprint density at radius 2 is 2.10 bits per heavy atom. The highest BCUT2D eigenvalue weighted by Gasteiger charge is 2.38. The number of nitrogens with one attached hydrogen (secondary N) is 2. The number of carbonyl (C=O) groups is 1. The number of aliphatic hydroxyl groups is 1. The Kier molecular flexibility index (Phi) is 6.13. The molecule has 0 spiro atoms. The van der Waals surface area contributed by atoms with E-state index in [4.69, 9.17) is 5.11 Å². The normalized spacial score (nSPS) is 13.9. The quantitative estimate of drug-likeness (QED) is 0.668. The number of sulfonamides is 1. The Labute approximate surface area is 123 Å². The van der Waals surface area contributed by atoms with Gasteiger partial charge < -0.3 is 10.4 Å². The Morgan fingerprint density at radius 3 is 2.62 bits per heavy atom. The molecule has 0 bridgehead atoms. The molecule has 0 aliphatic carbocycles. The third-order valence-electron chi connectivity index (χ3n) is 2.27. The molecule has 3 N–H and O–H groups in total. The lowest BCUT2D eigenvalue weighted by atomic mass is 10.3. The summed E-state index contributed by atoms with van der Waals surface area (Å²) in [5, 5.41) is 12.1. The summed E-state index contributed by atoms with van der Waals surface area (Å²) in [7, 11) is -3.71. The first kappa shape index (κ1) is 17.9. The maximum Gasteiger partial charge on any atom is 0.416 e. The largest absolute Gasteiger partial charge is 0.416 e. The van der Waals surface area contributed by atoms with Crippen molar-refractivity contribution < 1.29 is 31.5 Å². The number of alkyl halides is 3. The number of halogens is 3. The van der Waals surface area contributed by atoms with Crippen LogP contribution in [-0.2, 0) is 14.8 Å². The molecule has 1 rings (SSSR count). The molecule has 1 unspecified atom stereocenters. The molecule has 1 aromatic rings. The van der Waals surface area contributed by atoms with Crippen LogP contribution >= 0.6 is 11.3 Å². The minimum atomic E-state index is -4.81. The van der Waals surface area contributed by atoms with Gasteiger partial charge in [-0.1, -0.05) is 6.07 Å². The second-order valence-electron chi connectivity index (χ2n) is 3.94. The predicted molar refractivity (Wildman–Crippen MR) is 69.2 cm³/mol. The summed E-state index contributed by atoms with van der Waals surface area (Å²) in [6, 6.07) is 2.93. The van der Waals surface area contributed by atoms with Gasteiger partial charge in [0.1, 0.15) is 4.21 Å². The molecule has 1 atom stereocenters. The molecule has 0 aromatic carbocycles. The predicted octanol–water partition coefficient (Wildman–Crippen LogP) is 0.456. The minimum Gasteiger partial charge on any atom is -0.382 e. The highest BCUT2D eigenvalue weighted by atomic mass is 32.2. The SMILES string of the molecule is O=C(CCNS(=O)(=O)c1cccs1)NCC(O)C(F)(F)F. The lowest BCUT2D eigenvalue weighted by Crippen LogP contribution is -2.41. The van der Waals surface area contributed by atoms with Crippen molar-refractivity contribution in [1.29, 1.82) is 0 Å². The molecule has 0 aliphatic rings. The van der Waals surface area contributed by atoms with E-state index in [2.05, 4.69) is 4.72 Å². The second-order valence-corrected chi connectivity index (χ2v) is 6.88.